The molecule has 0 bridgehead atoms. The number of allylic oxidation sites excluding steroid dienone is 5. The van der Waals surface area contributed by atoms with E-state index in [0.717, 1.165) is 35.1 Å². The summed E-state index contributed by atoms with van der Waals surface area (Å²) in [6.07, 6.45) is 7.52. The molecule has 0 amide bonds. The van der Waals surface area contributed by atoms with Gasteiger partial charge in [0.2, 0.25) is 0 Å². The third-order valence-corrected chi connectivity index (χ3v) is 11.3. The van der Waals surface area contributed by atoms with Crippen molar-refractivity contribution in [1.82, 2.24) is 0 Å². The van der Waals surface area contributed by atoms with Crippen LogP contribution < -0.4 is 5.73 Å². The van der Waals surface area contributed by atoms with Crippen LogP contribution in [0.5, 0.6) is 0 Å². The topological polar surface area (TPSA) is 102 Å². The average molecular weight is 578 g/mol. The first-order valence-electron chi connectivity index (χ1n) is 15.3. The quantitative estimate of drug-likeness (QED) is 0.340. The van der Waals surface area contributed by atoms with Gasteiger partial charge in [-0.2, -0.15) is 0 Å². The van der Waals surface area contributed by atoms with Gasteiger partial charge < -0.3 is 25.4 Å². The van der Waals surface area contributed by atoms with Crippen LogP contribution in [-0.2, 0) is 14.3 Å². The van der Waals surface area contributed by atoms with E-state index in [9.17, 15) is 15.0 Å². The van der Waals surface area contributed by atoms with E-state index < -0.39 is 36.1 Å². The molecule has 4 N–H and O–H groups in total. The highest BCUT2D eigenvalue weighted by atomic mass is 16.7. The number of nitrogens with two attached hydrogens (primary N) is 1. The van der Waals surface area contributed by atoms with Crippen molar-refractivity contribution in [2.75, 3.05) is 12.3 Å². The van der Waals surface area contributed by atoms with Gasteiger partial charge >= 0.3 is 0 Å². The Morgan fingerprint density at radius 2 is 1.91 bits per heavy atom. The Morgan fingerprint density at radius 3 is 2.65 bits per heavy atom. The number of hydrogen-bond acceptors (Lipinski definition) is 6. The summed E-state index contributed by atoms with van der Waals surface area (Å²) in [7, 11) is 0. The van der Waals surface area contributed by atoms with Crippen molar-refractivity contribution in [1.29, 1.82) is 0 Å². The summed E-state index contributed by atoms with van der Waals surface area (Å²) in [5, 5.41) is 22.1. The predicted octanol–water partition coefficient (Wildman–Crippen LogP) is 5.26. The number of benzene rings is 2. The highest BCUT2D eigenvalue weighted by Gasteiger charge is 2.75. The lowest BCUT2D eigenvalue weighted by Gasteiger charge is -2.59. The third-order valence-electron chi connectivity index (χ3n) is 11.3. The zero-order valence-electron chi connectivity index (χ0n) is 24.8. The molecule has 4 aliphatic carbocycles. The molecule has 0 aromatic heterocycles. The van der Waals surface area contributed by atoms with E-state index in [1.165, 1.54) is 5.57 Å². The van der Waals surface area contributed by atoms with Crippen LogP contribution in [0.15, 0.2) is 84.5 Å². The molecule has 4 fully saturated rings. The summed E-state index contributed by atoms with van der Waals surface area (Å²) in [6, 6.07) is 15.1. The lowest BCUT2D eigenvalue weighted by molar-refractivity contribution is -0.201. The fraction of sp³-hybridized carbons (Fsp3) is 0.432. The van der Waals surface area contributed by atoms with Gasteiger partial charge in [0.15, 0.2) is 17.7 Å². The van der Waals surface area contributed by atoms with Crippen LogP contribution in [-0.4, -0.2) is 40.4 Å². The van der Waals surface area contributed by atoms with Crippen molar-refractivity contribution in [3.05, 3.63) is 101 Å². The highest BCUT2D eigenvalue weighted by Crippen LogP contribution is 2.70. The number of aliphatic hydroxyl groups excluding tert-OH is 2. The van der Waals surface area contributed by atoms with Gasteiger partial charge in [0.1, 0.15) is 6.61 Å². The van der Waals surface area contributed by atoms with Gasteiger partial charge in [-0.3, -0.25) is 4.79 Å². The molecule has 7 rings (SSSR count). The number of aliphatic hydroxyl groups is 2. The average Bonchev–Trinajstić information content (AvgIpc) is 3.49. The SMILES string of the molecule is C=C1C=C[C@@]2(C)C(=C1)CC[C@@H]1[C@@H]2[C@@H](O)C[C@@]2(C)[C@H]1C[C@H]1O[C@H](c3ccc(C#Cc4cccc(N)c4)cc3)O[C@]12C(=O)CO. The molecular formula is C37H39NO5. The lowest BCUT2D eigenvalue weighted by Crippen LogP contribution is -2.63. The summed E-state index contributed by atoms with van der Waals surface area (Å²) in [5.41, 5.74) is 9.06. The molecular weight excluding hydrogens is 538 g/mol. The Hall–Kier alpha value is -3.47. The van der Waals surface area contributed by atoms with Crippen molar-refractivity contribution >= 4 is 11.5 Å². The maximum absolute atomic E-state index is 13.8. The number of carbonyl (C=O) groups excluding carboxylic acids is 1. The number of anilines is 1. The molecule has 43 heavy (non-hydrogen) atoms. The fourth-order valence-corrected chi connectivity index (χ4v) is 9.40. The van der Waals surface area contributed by atoms with E-state index in [0.29, 0.717) is 18.5 Å². The summed E-state index contributed by atoms with van der Waals surface area (Å²) in [6.45, 7) is 7.82. The number of ketones is 1. The zero-order valence-corrected chi connectivity index (χ0v) is 24.8. The molecule has 1 heterocycles. The van der Waals surface area contributed by atoms with Crippen molar-refractivity contribution in [3.8, 4) is 11.8 Å². The minimum atomic E-state index is -1.33. The number of rotatable bonds is 3. The van der Waals surface area contributed by atoms with E-state index in [2.05, 4.69) is 50.5 Å². The van der Waals surface area contributed by atoms with E-state index in [4.69, 9.17) is 15.2 Å². The summed E-state index contributed by atoms with van der Waals surface area (Å²) in [4.78, 5) is 13.8. The second kappa shape index (κ2) is 10.0. The van der Waals surface area contributed by atoms with Gasteiger partial charge in [0.05, 0.1) is 12.2 Å². The van der Waals surface area contributed by atoms with Gasteiger partial charge in [0.25, 0.3) is 0 Å². The number of hydrogen-bond donors (Lipinski definition) is 3. The smallest absolute Gasteiger partial charge is 0.193 e. The standard InChI is InChI=1S/C37H39NO5/c1-22-15-16-35(2)26(17-22)13-14-28-29-19-32-37(31(41)21-39,36(29,3)20-30(40)33(28)35)43-34(42-32)25-11-9-23(10-12-25)7-8-24-5-4-6-27(38)18-24/h4-6,9-12,15-18,28-30,32-34,39-40H,1,13-14,19-21,38H2,2-3H3/t28-,29-,30-,32+,33+,34-,35-,36-,37+/m0/s1. The summed E-state index contributed by atoms with van der Waals surface area (Å²) >= 11 is 0. The molecule has 0 unspecified atom stereocenters. The van der Waals surface area contributed by atoms with Crippen molar-refractivity contribution in [2.24, 2.45) is 28.6 Å². The molecule has 6 heteroatoms. The van der Waals surface area contributed by atoms with Gasteiger partial charge in [0, 0.05) is 39.1 Å². The molecule has 9 atom stereocenters. The minimum Gasteiger partial charge on any atom is -0.399 e. The van der Waals surface area contributed by atoms with E-state index in [1.54, 1.807) is 0 Å². The first-order valence-corrected chi connectivity index (χ1v) is 15.3. The largest absolute Gasteiger partial charge is 0.399 e. The lowest BCUT2D eigenvalue weighted by atomic mass is 9.46. The second-order valence-corrected chi connectivity index (χ2v) is 13.5. The third kappa shape index (κ3) is 4.13. The van der Waals surface area contributed by atoms with Gasteiger partial charge in [-0.25, -0.2) is 0 Å². The van der Waals surface area contributed by atoms with Gasteiger partial charge in [-0.05, 0) is 73.4 Å². The van der Waals surface area contributed by atoms with E-state index >= 15 is 0 Å². The van der Waals surface area contributed by atoms with Gasteiger partial charge in [-0.1, -0.05) is 74.3 Å². The Balaban J connectivity index is 1.17. The maximum atomic E-state index is 13.8. The fourth-order valence-electron chi connectivity index (χ4n) is 9.40. The maximum Gasteiger partial charge on any atom is 0.193 e. The van der Waals surface area contributed by atoms with Crippen LogP contribution in [0.25, 0.3) is 0 Å². The molecule has 1 aliphatic heterocycles. The molecule has 0 spiro atoms. The van der Waals surface area contributed by atoms with Crippen LogP contribution in [0.2, 0.25) is 0 Å². The van der Waals surface area contributed by atoms with Crippen LogP contribution in [0.1, 0.15) is 62.5 Å². The monoisotopic (exact) mass is 577 g/mol. The minimum absolute atomic E-state index is 0.0341. The molecule has 1 saturated heterocycles. The second-order valence-electron chi connectivity index (χ2n) is 13.5. The predicted molar refractivity (Wildman–Crippen MR) is 164 cm³/mol. The van der Waals surface area contributed by atoms with Crippen molar-refractivity contribution in [2.45, 2.75) is 63.6 Å². The number of Topliss-reactive ketones (excluding diaryl/α,β-unsaturated/α-hetero) is 1. The molecule has 222 valence electrons. The van der Waals surface area contributed by atoms with Crippen molar-refractivity contribution < 1.29 is 24.5 Å². The van der Waals surface area contributed by atoms with Gasteiger partial charge in [-0.15, -0.1) is 0 Å². The number of fused-ring (bicyclic) bond motifs is 7. The molecule has 0 radical (unpaired) electrons. The number of nitrogen functional groups attached to an aromatic ring is 1. The van der Waals surface area contributed by atoms with Crippen LogP contribution in [0.4, 0.5) is 5.69 Å². The molecule has 5 aliphatic rings. The van der Waals surface area contributed by atoms with Crippen LogP contribution in [0, 0.1) is 40.4 Å². The normalized spacial score (nSPS) is 39.1. The highest BCUT2D eigenvalue weighted by molar-refractivity contribution is 5.91. The van der Waals surface area contributed by atoms with Crippen molar-refractivity contribution in [3.63, 3.8) is 0 Å². The Morgan fingerprint density at radius 1 is 1.14 bits per heavy atom. The van der Waals surface area contributed by atoms with E-state index in [-0.39, 0.29) is 29.0 Å². The number of carbonyl (C=O) groups is 1. The Labute approximate surface area is 253 Å². The van der Waals surface area contributed by atoms with Crippen LogP contribution >= 0.6 is 0 Å². The molecule has 3 saturated carbocycles. The first kappa shape index (κ1) is 28.3. The van der Waals surface area contributed by atoms with Crippen LogP contribution in [0.3, 0.4) is 0 Å². The summed E-state index contributed by atoms with van der Waals surface area (Å²) < 4.78 is 13.3. The Bertz CT molecular complexity index is 1610. The first-order chi connectivity index (χ1) is 20.6. The number of ether oxygens (including phenoxy) is 2. The van der Waals surface area contributed by atoms with E-state index in [1.807, 2.05) is 48.5 Å². The molecule has 2 aromatic rings. The molecule has 6 nitrogen and oxygen atoms in total. The zero-order chi connectivity index (χ0) is 30.1. The summed E-state index contributed by atoms with van der Waals surface area (Å²) in [5.74, 6) is 6.28. The Kier molecular flexibility index (Phi) is 6.61. The molecule has 2 aromatic carbocycles.